The first-order valence-corrected chi connectivity index (χ1v) is 8.51. The summed E-state index contributed by atoms with van der Waals surface area (Å²) in [7, 11) is 0. The van der Waals surface area contributed by atoms with E-state index >= 15 is 0 Å². The Hall–Kier alpha value is -3.16. The number of carbonyl (C=O) groups excluding carboxylic acids is 1. The molecule has 0 aliphatic carbocycles. The summed E-state index contributed by atoms with van der Waals surface area (Å²) < 4.78 is 12.8. The van der Waals surface area contributed by atoms with Crippen LogP contribution >= 0.6 is 0 Å². The van der Waals surface area contributed by atoms with E-state index in [9.17, 15) is 4.79 Å². The van der Waals surface area contributed by atoms with Crippen molar-refractivity contribution in [2.75, 3.05) is 13.2 Å². The van der Waals surface area contributed by atoms with Crippen LogP contribution in [0.4, 0.5) is 0 Å². The molecule has 0 spiro atoms. The lowest BCUT2D eigenvalue weighted by molar-refractivity contribution is 0.0630. The molecule has 8 heteroatoms. The number of carbonyl (C=O) groups is 1. The smallest absolute Gasteiger partial charge is 0.276 e. The third-order valence-electron chi connectivity index (χ3n) is 4.53. The minimum absolute atomic E-state index is 0.126. The van der Waals surface area contributed by atoms with Crippen LogP contribution in [-0.2, 0) is 13.0 Å². The first-order valence-electron chi connectivity index (χ1n) is 8.51. The van der Waals surface area contributed by atoms with Gasteiger partial charge in [-0.3, -0.25) is 4.79 Å². The summed E-state index contributed by atoms with van der Waals surface area (Å²) >= 11 is 0. The van der Waals surface area contributed by atoms with Gasteiger partial charge in [0.15, 0.2) is 12.1 Å². The number of imidazole rings is 1. The van der Waals surface area contributed by atoms with Crippen molar-refractivity contribution in [2.24, 2.45) is 0 Å². The summed E-state index contributed by atoms with van der Waals surface area (Å²) in [4.78, 5) is 27.0. The molecule has 8 nitrogen and oxygen atoms in total. The Morgan fingerprint density at radius 2 is 2.23 bits per heavy atom. The van der Waals surface area contributed by atoms with E-state index in [-0.39, 0.29) is 11.9 Å². The molecule has 0 saturated heterocycles. The Morgan fingerprint density at radius 3 is 3.00 bits per heavy atom. The van der Waals surface area contributed by atoms with Crippen LogP contribution < -0.4 is 4.74 Å². The molecule has 0 unspecified atom stereocenters. The lowest BCUT2D eigenvalue weighted by Crippen LogP contribution is -2.41. The van der Waals surface area contributed by atoms with E-state index in [1.54, 1.807) is 11.1 Å². The maximum Gasteiger partial charge on any atom is 0.276 e. The van der Waals surface area contributed by atoms with E-state index in [0.29, 0.717) is 31.3 Å². The maximum absolute atomic E-state index is 12.6. The highest BCUT2D eigenvalue weighted by Gasteiger charge is 2.31. The minimum Gasteiger partial charge on any atom is -0.477 e. The molecule has 0 fully saturated rings. The quantitative estimate of drug-likeness (QED) is 0.698. The number of oxazole rings is 1. The van der Waals surface area contributed by atoms with Crippen LogP contribution in [0.1, 0.15) is 35.0 Å². The highest BCUT2D eigenvalue weighted by Crippen LogP contribution is 2.26. The van der Waals surface area contributed by atoms with Crippen molar-refractivity contribution < 1.29 is 13.9 Å². The number of nitrogens with zero attached hydrogens (tertiary/aromatic N) is 5. The fraction of sp³-hybridized carbons (Fsp3) is 0.333. The molecule has 26 heavy (non-hydrogen) atoms. The highest BCUT2D eigenvalue weighted by atomic mass is 16.5. The number of hydrogen-bond acceptors (Lipinski definition) is 6. The van der Waals surface area contributed by atoms with Gasteiger partial charge in [-0.2, -0.15) is 0 Å². The van der Waals surface area contributed by atoms with E-state index in [1.807, 2.05) is 31.3 Å². The fourth-order valence-corrected chi connectivity index (χ4v) is 3.19. The van der Waals surface area contributed by atoms with E-state index in [1.165, 1.54) is 12.7 Å². The second-order valence-electron chi connectivity index (χ2n) is 6.07. The first-order chi connectivity index (χ1) is 12.7. The van der Waals surface area contributed by atoms with Crippen molar-refractivity contribution in [3.8, 4) is 5.88 Å². The highest BCUT2D eigenvalue weighted by molar-refractivity contribution is 5.92. The summed E-state index contributed by atoms with van der Waals surface area (Å²) in [6, 6.07) is 5.46. The molecule has 0 saturated carbocycles. The van der Waals surface area contributed by atoms with Crippen LogP contribution in [0.3, 0.4) is 0 Å². The summed E-state index contributed by atoms with van der Waals surface area (Å²) in [6.07, 6.45) is 6.93. The van der Waals surface area contributed by atoms with Crippen molar-refractivity contribution in [3.05, 3.63) is 60.5 Å². The van der Waals surface area contributed by atoms with Gasteiger partial charge in [-0.25, -0.2) is 15.0 Å². The van der Waals surface area contributed by atoms with Gasteiger partial charge in [0.05, 0.1) is 12.6 Å². The number of pyridine rings is 1. The molecule has 1 aliphatic heterocycles. The van der Waals surface area contributed by atoms with Crippen LogP contribution in [0, 0.1) is 0 Å². The van der Waals surface area contributed by atoms with Crippen LogP contribution in [0.25, 0.3) is 0 Å². The van der Waals surface area contributed by atoms with Gasteiger partial charge < -0.3 is 18.6 Å². The van der Waals surface area contributed by atoms with Gasteiger partial charge in [-0.15, -0.1) is 0 Å². The Kier molecular flexibility index (Phi) is 4.39. The maximum atomic E-state index is 12.6. The average molecular weight is 353 g/mol. The number of ether oxygens (including phenoxy) is 1. The lowest BCUT2D eigenvalue weighted by atomic mass is 10.2. The Morgan fingerprint density at radius 1 is 1.31 bits per heavy atom. The fourth-order valence-electron chi connectivity index (χ4n) is 3.19. The van der Waals surface area contributed by atoms with Gasteiger partial charge in [-0.1, -0.05) is 6.07 Å². The largest absolute Gasteiger partial charge is 0.477 e. The van der Waals surface area contributed by atoms with Crippen LogP contribution in [-0.4, -0.2) is 43.5 Å². The molecule has 3 aromatic rings. The molecule has 4 rings (SSSR count). The van der Waals surface area contributed by atoms with Gasteiger partial charge in [-0.05, 0) is 13.0 Å². The Balaban J connectivity index is 1.43. The third-order valence-corrected chi connectivity index (χ3v) is 4.53. The first kappa shape index (κ1) is 16.3. The zero-order chi connectivity index (χ0) is 17.9. The second-order valence-corrected chi connectivity index (χ2v) is 6.07. The van der Waals surface area contributed by atoms with Crippen molar-refractivity contribution >= 4 is 5.91 Å². The van der Waals surface area contributed by atoms with Crippen LogP contribution in [0.15, 0.2) is 47.7 Å². The second kappa shape index (κ2) is 6.99. The zero-order valence-corrected chi connectivity index (χ0v) is 14.4. The SMILES string of the molecule is C[C@H]1c2ncc(CCOc3ccccn3)n2CCN1C(=O)c1cocn1. The Labute approximate surface area is 150 Å². The predicted octanol–water partition coefficient (Wildman–Crippen LogP) is 2.10. The molecule has 3 aromatic heterocycles. The van der Waals surface area contributed by atoms with Gasteiger partial charge in [0.2, 0.25) is 5.88 Å². The topological polar surface area (TPSA) is 86.3 Å². The van der Waals surface area contributed by atoms with Gasteiger partial charge in [0, 0.05) is 43.7 Å². The lowest BCUT2D eigenvalue weighted by Gasteiger charge is -2.34. The van der Waals surface area contributed by atoms with Crippen molar-refractivity contribution in [1.29, 1.82) is 0 Å². The minimum atomic E-state index is -0.138. The summed E-state index contributed by atoms with van der Waals surface area (Å²) in [5.74, 6) is 1.35. The van der Waals surface area contributed by atoms with E-state index in [2.05, 4.69) is 19.5 Å². The standard InChI is InChI=1S/C18H19N5O3/c1-13-17-20-10-14(5-9-26-16-4-2-3-6-19-16)23(17)8-7-22(13)18(24)15-11-25-12-21-15/h2-4,6,10-13H,5,7-9H2,1H3/t13-/m0/s1. The summed E-state index contributed by atoms with van der Waals surface area (Å²) in [5, 5.41) is 0. The Bertz CT molecular complexity index is 876. The molecule has 134 valence electrons. The molecular formula is C18H19N5O3. The number of amides is 1. The van der Waals surface area contributed by atoms with Gasteiger partial charge >= 0.3 is 0 Å². The molecule has 0 radical (unpaired) electrons. The van der Waals surface area contributed by atoms with E-state index in [4.69, 9.17) is 9.15 Å². The summed E-state index contributed by atoms with van der Waals surface area (Å²) in [6.45, 7) is 3.80. The molecule has 0 aromatic carbocycles. The van der Waals surface area contributed by atoms with Gasteiger partial charge in [0.1, 0.15) is 12.1 Å². The van der Waals surface area contributed by atoms with E-state index < -0.39 is 0 Å². The average Bonchev–Trinajstić information content (AvgIpc) is 3.33. The third kappa shape index (κ3) is 3.05. The van der Waals surface area contributed by atoms with E-state index in [0.717, 1.165) is 17.9 Å². The molecule has 1 atom stereocenters. The van der Waals surface area contributed by atoms with Crippen LogP contribution in [0.2, 0.25) is 0 Å². The number of fused-ring (bicyclic) bond motifs is 1. The van der Waals surface area contributed by atoms with Crippen molar-refractivity contribution in [3.63, 3.8) is 0 Å². The molecule has 1 amide bonds. The van der Waals surface area contributed by atoms with Crippen molar-refractivity contribution in [2.45, 2.75) is 25.9 Å². The molecule has 1 aliphatic rings. The molecule has 0 N–H and O–H groups in total. The zero-order valence-electron chi connectivity index (χ0n) is 14.4. The molecule has 4 heterocycles. The van der Waals surface area contributed by atoms with Crippen LogP contribution in [0.5, 0.6) is 5.88 Å². The number of rotatable bonds is 5. The predicted molar refractivity (Wildman–Crippen MR) is 91.6 cm³/mol. The molecule has 0 bridgehead atoms. The number of hydrogen-bond donors (Lipinski definition) is 0. The number of aromatic nitrogens is 4. The summed E-state index contributed by atoms with van der Waals surface area (Å²) in [5.41, 5.74) is 1.41. The van der Waals surface area contributed by atoms with Gasteiger partial charge in [0.25, 0.3) is 5.91 Å². The normalized spacial score (nSPS) is 16.3. The molecular weight excluding hydrogens is 334 g/mol. The van der Waals surface area contributed by atoms with Crippen molar-refractivity contribution in [1.82, 2.24) is 24.4 Å². The monoisotopic (exact) mass is 353 g/mol.